The van der Waals surface area contributed by atoms with Crippen LogP contribution in [0, 0.1) is 6.92 Å². The molecule has 0 saturated heterocycles. The van der Waals surface area contributed by atoms with Crippen molar-refractivity contribution in [3.05, 3.63) is 118 Å². The summed E-state index contributed by atoms with van der Waals surface area (Å²) in [6.07, 6.45) is -0.743. The number of carboxylic acids is 1. The molecule has 5 rings (SSSR count). The summed E-state index contributed by atoms with van der Waals surface area (Å²) in [4.78, 5) is 24.8. The topological polar surface area (TPSA) is 94.1 Å². The summed E-state index contributed by atoms with van der Waals surface area (Å²) in [5, 5.41) is 12.9. The van der Waals surface area contributed by atoms with E-state index in [1.165, 1.54) is 0 Å². The van der Waals surface area contributed by atoms with Gasteiger partial charge in [-0.2, -0.15) is 0 Å². The highest BCUT2D eigenvalue weighted by molar-refractivity contribution is 6.32. The maximum Gasteiger partial charge on any atom is 0.407 e. The number of hydrogen-bond acceptors (Lipinski definition) is 5. The van der Waals surface area contributed by atoms with E-state index in [1.54, 1.807) is 31.4 Å². The van der Waals surface area contributed by atoms with E-state index in [9.17, 15) is 14.7 Å². The number of halogens is 1. The average Bonchev–Trinajstić information content (AvgIpc) is 3.29. The fraction of sp³-hybridized carbons (Fsp3) is 0.212. The van der Waals surface area contributed by atoms with Crippen LogP contribution >= 0.6 is 11.6 Å². The summed E-state index contributed by atoms with van der Waals surface area (Å²) in [6, 6.07) is 25.7. The highest BCUT2D eigenvalue weighted by Gasteiger charge is 2.30. The smallest absolute Gasteiger partial charge is 0.407 e. The number of rotatable bonds is 10. The van der Waals surface area contributed by atoms with Gasteiger partial charge in [-0.3, -0.25) is 0 Å². The van der Waals surface area contributed by atoms with Crippen molar-refractivity contribution >= 4 is 23.7 Å². The second-order valence-corrected chi connectivity index (χ2v) is 10.3. The number of carboxylic acid groups (broad SMARTS) is 1. The molecule has 41 heavy (non-hydrogen) atoms. The molecule has 1 aliphatic rings. The Morgan fingerprint density at radius 2 is 1.59 bits per heavy atom. The van der Waals surface area contributed by atoms with E-state index in [1.807, 2.05) is 55.5 Å². The highest BCUT2D eigenvalue weighted by Crippen LogP contribution is 2.44. The Labute approximate surface area is 243 Å². The van der Waals surface area contributed by atoms with Gasteiger partial charge >= 0.3 is 12.1 Å². The van der Waals surface area contributed by atoms with Crippen LogP contribution in [0.5, 0.6) is 11.5 Å². The molecule has 4 aromatic carbocycles. The first-order valence-corrected chi connectivity index (χ1v) is 13.6. The number of amides is 1. The number of carbonyl (C=O) groups is 2. The third kappa shape index (κ3) is 6.31. The number of aryl methyl sites for hydroxylation is 1. The lowest BCUT2D eigenvalue weighted by Crippen LogP contribution is -2.42. The predicted molar refractivity (Wildman–Crippen MR) is 157 cm³/mol. The molecule has 1 amide bonds. The summed E-state index contributed by atoms with van der Waals surface area (Å²) >= 11 is 6.30. The molecule has 1 unspecified atom stereocenters. The predicted octanol–water partition coefficient (Wildman–Crippen LogP) is 6.77. The number of ether oxygens (including phenoxy) is 3. The molecule has 0 heterocycles. The van der Waals surface area contributed by atoms with Gasteiger partial charge in [0.25, 0.3) is 0 Å². The van der Waals surface area contributed by atoms with Crippen LogP contribution < -0.4 is 14.8 Å². The zero-order chi connectivity index (χ0) is 28.9. The molecule has 2 N–H and O–H groups in total. The van der Waals surface area contributed by atoms with Crippen LogP contribution in [0.4, 0.5) is 4.79 Å². The molecular formula is C33H30ClNO6. The number of alkyl carbamates (subject to hydrolysis) is 1. The monoisotopic (exact) mass is 571 g/mol. The van der Waals surface area contributed by atoms with Crippen LogP contribution in [0.3, 0.4) is 0 Å². The van der Waals surface area contributed by atoms with Gasteiger partial charge in [0.1, 0.15) is 30.8 Å². The Morgan fingerprint density at radius 3 is 2.22 bits per heavy atom. The second kappa shape index (κ2) is 12.4. The van der Waals surface area contributed by atoms with Gasteiger partial charge in [-0.25, -0.2) is 9.59 Å². The first kappa shape index (κ1) is 28.1. The van der Waals surface area contributed by atoms with Crippen molar-refractivity contribution in [2.24, 2.45) is 0 Å². The van der Waals surface area contributed by atoms with Crippen LogP contribution in [-0.2, 0) is 22.6 Å². The summed E-state index contributed by atoms with van der Waals surface area (Å²) in [5.41, 5.74) is 6.81. The van der Waals surface area contributed by atoms with Gasteiger partial charge in [-0.05, 0) is 64.6 Å². The first-order chi connectivity index (χ1) is 19.8. The summed E-state index contributed by atoms with van der Waals surface area (Å²) < 4.78 is 16.9. The molecule has 0 fully saturated rings. The third-order valence-corrected chi connectivity index (χ3v) is 7.48. The van der Waals surface area contributed by atoms with Crippen molar-refractivity contribution in [2.75, 3.05) is 13.7 Å². The van der Waals surface area contributed by atoms with Crippen molar-refractivity contribution in [2.45, 2.75) is 31.9 Å². The third-order valence-electron chi connectivity index (χ3n) is 7.19. The molecular weight excluding hydrogens is 542 g/mol. The van der Waals surface area contributed by atoms with E-state index < -0.39 is 18.1 Å². The van der Waals surface area contributed by atoms with Crippen LogP contribution in [0.15, 0.2) is 84.9 Å². The standard InChI is InChI=1S/C33H30ClNO6/c1-20-11-13-31(28(34)15-20)40-18-22-16-21(12-14-30(22)39-2)17-29(32(36)37)35-33(38)41-19-27-25-9-5-3-7-23(25)24-8-4-6-10-26(24)27/h3-16,27,29H,17-19H2,1-2H3,(H,35,38)(H,36,37). The van der Waals surface area contributed by atoms with Gasteiger partial charge in [0, 0.05) is 17.9 Å². The van der Waals surface area contributed by atoms with Gasteiger partial charge in [0.05, 0.1) is 12.1 Å². The molecule has 1 aliphatic carbocycles. The number of aliphatic carboxylic acids is 1. The molecule has 7 nitrogen and oxygen atoms in total. The lowest BCUT2D eigenvalue weighted by Gasteiger charge is -2.18. The quantitative estimate of drug-likeness (QED) is 0.218. The van der Waals surface area contributed by atoms with Crippen LogP contribution in [0.25, 0.3) is 11.1 Å². The SMILES string of the molecule is COc1ccc(CC(NC(=O)OCC2c3ccccc3-c3ccccc32)C(=O)O)cc1COc1ccc(C)cc1Cl. The fourth-order valence-corrected chi connectivity index (χ4v) is 5.46. The van der Waals surface area contributed by atoms with Crippen LogP contribution in [0.2, 0.25) is 5.02 Å². The van der Waals surface area contributed by atoms with Gasteiger partial charge in [0.2, 0.25) is 0 Å². The van der Waals surface area contributed by atoms with E-state index in [0.717, 1.165) is 27.8 Å². The first-order valence-electron chi connectivity index (χ1n) is 13.2. The number of benzene rings is 4. The molecule has 0 aliphatic heterocycles. The summed E-state index contributed by atoms with van der Waals surface area (Å²) in [7, 11) is 1.55. The normalized spacial score (nSPS) is 12.7. The Hall–Kier alpha value is -4.49. The number of fused-ring (bicyclic) bond motifs is 3. The maximum atomic E-state index is 12.8. The molecule has 8 heteroatoms. The average molecular weight is 572 g/mol. The number of methoxy groups -OCH3 is 1. The molecule has 210 valence electrons. The lowest BCUT2D eigenvalue weighted by atomic mass is 9.98. The molecule has 0 bridgehead atoms. The maximum absolute atomic E-state index is 12.8. The zero-order valence-corrected chi connectivity index (χ0v) is 23.5. The van der Waals surface area contributed by atoms with E-state index in [4.69, 9.17) is 25.8 Å². The number of hydrogen-bond donors (Lipinski definition) is 2. The molecule has 0 radical (unpaired) electrons. The minimum Gasteiger partial charge on any atom is -0.496 e. The van der Waals surface area contributed by atoms with E-state index in [2.05, 4.69) is 17.4 Å². The fourth-order valence-electron chi connectivity index (χ4n) is 5.17. The molecule has 0 spiro atoms. The highest BCUT2D eigenvalue weighted by atomic mass is 35.5. The van der Waals surface area contributed by atoms with Gasteiger partial charge in [-0.15, -0.1) is 0 Å². The minimum absolute atomic E-state index is 0.0435. The zero-order valence-electron chi connectivity index (χ0n) is 22.7. The Bertz CT molecular complexity index is 1540. The number of nitrogens with one attached hydrogen (secondary N) is 1. The van der Waals surface area contributed by atoms with Crippen molar-refractivity contribution in [3.8, 4) is 22.6 Å². The molecule has 0 aromatic heterocycles. The largest absolute Gasteiger partial charge is 0.496 e. The van der Waals surface area contributed by atoms with Crippen molar-refractivity contribution in [3.63, 3.8) is 0 Å². The Morgan fingerprint density at radius 1 is 0.927 bits per heavy atom. The summed E-state index contributed by atoms with van der Waals surface area (Å²) in [5.74, 6) is -0.167. The summed E-state index contributed by atoms with van der Waals surface area (Å²) in [6.45, 7) is 2.20. The second-order valence-electron chi connectivity index (χ2n) is 9.93. The molecule has 4 aromatic rings. The lowest BCUT2D eigenvalue weighted by molar-refractivity contribution is -0.139. The van der Waals surface area contributed by atoms with Gasteiger partial charge in [0.15, 0.2) is 0 Å². The van der Waals surface area contributed by atoms with Crippen molar-refractivity contribution in [1.82, 2.24) is 5.32 Å². The van der Waals surface area contributed by atoms with Gasteiger partial charge < -0.3 is 24.6 Å². The minimum atomic E-state index is -1.20. The van der Waals surface area contributed by atoms with E-state index in [0.29, 0.717) is 27.6 Å². The van der Waals surface area contributed by atoms with Gasteiger partial charge in [-0.1, -0.05) is 72.3 Å². The number of carbonyl (C=O) groups excluding carboxylic acids is 1. The van der Waals surface area contributed by atoms with E-state index in [-0.39, 0.29) is 25.6 Å². The Balaban J connectivity index is 1.24. The molecule has 1 atom stereocenters. The molecule has 0 saturated carbocycles. The van der Waals surface area contributed by atoms with Crippen LogP contribution in [0.1, 0.15) is 33.7 Å². The van der Waals surface area contributed by atoms with E-state index >= 15 is 0 Å². The van der Waals surface area contributed by atoms with Crippen molar-refractivity contribution < 1.29 is 28.9 Å². The van der Waals surface area contributed by atoms with Crippen LogP contribution in [-0.4, -0.2) is 36.9 Å². The van der Waals surface area contributed by atoms with Crippen molar-refractivity contribution in [1.29, 1.82) is 0 Å². The Kier molecular flexibility index (Phi) is 8.45.